The van der Waals surface area contributed by atoms with Crippen molar-refractivity contribution >= 4 is 23.3 Å². The molecule has 2 aromatic rings. The summed E-state index contributed by atoms with van der Waals surface area (Å²) in [5.41, 5.74) is 4.39. The highest BCUT2D eigenvalue weighted by molar-refractivity contribution is 6.31. The molecule has 0 aromatic heterocycles. The Labute approximate surface area is 177 Å². The van der Waals surface area contributed by atoms with Gasteiger partial charge in [0.1, 0.15) is 5.75 Å². The number of hydrogen-bond acceptors (Lipinski definition) is 3. The van der Waals surface area contributed by atoms with Crippen LogP contribution in [0.2, 0.25) is 5.02 Å². The standard InChI is InChI=1S/C24H28ClNO3/c1-3-21(18-9-8-16-6-4-5-7-17(16)14-18)26-24(28)13-11-22(27)20-15-19(25)10-12-23(20)29-2/h8-10,12,14-15,21H,3-7,11,13H2,1-2H3,(H,26,28). The maximum atomic E-state index is 12.5. The zero-order valence-corrected chi connectivity index (χ0v) is 17.8. The number of ether oxygens (including phenoxy) is 1. The van der Waals surface area contributed by atoms with Gasteiger partial charge in [0.05, 0.1) is 18.7 Å². The second-order valence-electron chi connectivity index (χ2n) is 7.53. The molecular formula is C24H28ClNO3. The first-order valence-electron chi connectivity index (χ1n) is 10.3. The molecule has 0 spiro atoms. The molecule has 1 unspecified atom stereocenters. The summed E-state index contributed by atoms with van der Waals surface area (Å²) in [5.74, 6) is 0.200. The molecule has 0 saturated heterocycles. The predicted octanol–water partition coefficient (Wildman–Crippen LogP) is 5.46. The van der Waals surface area contributed by atoms with Crippen LogP contribution in [0.15, 0.2) is 36.4 Å². The van der Waals surface area contributed by atoms with E-state index in [4.69, 9.17) is 16.3 Å². The van der Waals surface area contributed by atoms with Gasteiger partial charge in [-0.05, 0) is 67.0 Å². The fraction of sp³-hybridized carbons (Fsp3) is 0.417. The van der Waals surface area contributed by atoms with E-state index < -0.39 is 0 Å². The zero-order valence-electron chi connectivity index (χ0n) is 17.1. The van der Waals surface area contributed by atoms with Gasteiger partial charge in [-0.15, -0.1) is 0 Å². The van der Waals surface area contributed by atoms with Crippen LogP contribution in [-0.4, -0.2) is 18.8 Å². The van der Waals surface area contributed by atoms with Crippen LogP contribution in [-0.2, 0) is 17.6 Å². The van der Waals surface area contributed by atoms with E-state index in [1.165, 1.54) is 31.1 Å². The van der Waals surface area contributed by atoms with E-state index in [2.05, 4.69) is 30.4 Å². The Morgan fingerprint density at radius 2 is 1.83 bits per heavy atom. The third-order valence-corrected chi connectivity index (χ3v) is 5.79. The number of benzene rings is 2. The van der Waals surface area contributed by atoms with Gasteiger partial charge in [0.2, 0.25) is 5.91 Å². The monoisotopic (exact) mass is 413 g/mol. The summed E-state index contributed by atoms with van der Waals surface area (Å²) in [7, 11) is 1.51. The number of fused-ring (bicyclic) bond motifs is 1. The zero-order chi connectivity index (χ0) is 20.8. The normalized spacial score (nSPS) is 14.0. The molecule has 29 heavy (non-hydrogen) atoms. The van der Waals surface area contributed by atoms with E-state index in [-0.39, 0.29) is 30.6 Å². The molecule has 154 valence electrons. The van der Waals surface area contributed by atoms with Crippen LogP contribution in [0.4, 0.5) is 0 Å². The van der Waals surface area contributed by atoms with E-state index in [0.717, 1.165) is 24.8 Å². The molecule has 1 N–H and O–H groups in total. The number of Topliss-reactive ketones (excluding diaryl/α,β-unsaturated/α-hetero) is 1. The minimum atomic E-state index is -0.152. The lowest BCUT2D eigenvalue weighted by atomic mass is 9.88. The smallest absolute Gasteiger partial charge is 0.220 e. The molecule has 0 radical (unpaired) electrons. The van der Waals surface area contributed by atoms with Crippen molar-refractivity contribution in [1.82, 2.24) is 5.32 Å². The van der Waals surface area contributed by atoms with Crippen LogP contribution in [0.25, 0.3) is 0 Å². The topological polar surface area (TPSA) is 55.4 Å². The highest BCUT2D eigenvalue weighted by atomic mass is 35.5. The molecule has 1 aliphatic carbocycles. The summed E-state index contributed by atoms with van der Waals surface area (Å²) in [5, 5.41) is 3.56. The first-order valence-corrected chi connectivity index (χ1v) is 10.7. The van der Waals surface area contributed by atoms with Gasteiger partial charge < -0.3 is 10.1 Å². The highest BCUT2D eigenvalue weighted by Crippen LogP contribution is 2.27. The average Bonchev–Trinajstić information content (AvgIpc) is 2.75. The lowest BCUT2D eigenvalue weighted by molar-refractivity contribution is -0.121. The number of amides is 1. The molecule has 0 fully saturated rings. The molecule has 3 rings (SSSR count). The van der Waals surface area contributed by atoms with Crippen molar-refractivity contribution in [3.05, 3.63) is 63.7 Å². The molecule has 0 saturated carbocycles. The Balaban J connectivity index is 1.61. The van der Waals surface area contributed by atoms with Crippen molar-refractivity contribution < 1.29 is 14.3 Å². The molecule has 0 aliphatic heterocycles. The minimum Gasteiger partial charge on any atom is -0.496 e. The van der Waals surface area contributed by atoms with Crippen molar-refractivity contribution in [2.24, 2.45) is 0 Å². The number of rotatable bonds is 8. The summed E-state index contributed by atoms with van der Waals surface area (Å²) in [6, 6.07) is 11.5. The maximum Gasteiger partial charge on any atom is 0.220 e. The first-order chi connectivity index (χ1) is 14.0. The minimum absolute atomic E-state index is 0.0365. The van der Waals surface area contributed by atoms with Crippen LogP contribution < -0.4 is 10.1 Å². The van der Waals surface area contributed by atoms with Crippen molar-refractivity contribution in [2.75, 3.05) is 7.11 Å². The molecule has 1 aliphatic rings. The SMILES string of the molecule is CCC(NC(=O)CCC(=O)c1cc(Cl)ccc1OC)c1ccc2c(c1)CCCC2. The van der Waals surface area contributed by atoms with Crippen LogP contribution >= 0.6 is 11.6 Å². The summed E-state index contributed by atoms with van der Waals surface area (Å²) >= 11 is 6.00. The molecular weight excluding hydrogens is 386 g/mol. The number of carbonyl (C=O) groups is 2. The van der Waals surface area contributed by atoms with Crippen molar-refractivity contribution in [3.8, 4) is 5.75 Å². The van der Waals surface area contributed by atoms with Crippen molar-refractivity contribution in [2.45, 2.75) is 57.9 Å². The summed E-state index contributed by atoms with van der Waals surface area (Å²) in [4.78, 5) is 25.1. The number of nitrogens with one attached hydrogen (secondary N) is 1. The maximum absolute atomic E-state index is 12.5. The van der Waals surface area contributed by atoms with Crippen molar-refractivity contribution in [1.29, 1.82) is 0 Å². The lowest BCUT2D eigenvalue weighted by Gasteiger charge is -2.21. The molecule has 2 aromatic carbocycles. The molecule has 1 amide bonds. The van der Waals surface area contributed by atoms with Crippen LogP contribution in [0.3, 0.4) is 0 Å². The summed E-state index contributed by atoms with van der Waals surface area (Å²) in [6.45, 7) is 2.06. The van der Waals surface area contributed by atoms with Gasteiger partial charge >= 0.3 is 0 Å². The van der Waals surface area contributed by atoms with Gasteiger partial charge in [-0.1, -0.05) is 36.7 Å². The van der Waals surface area contributed by atoms with E-state index in [1.54, 1.807) is 18.2 Å². The number of aryl methyl sites for hydroxylation is 2. The van der Waals surface area contributed by atoms with Gasteiger partial charge in [-0.25, -0.2) is 0 Å². The fourth-order valence-corrected chi connectivity index (χ4v) is 4.09. The molecule has 0 heterocycles. The van der Waals surface area contributed by atoms with Crippen LogP contribution in [0.5, 0.6) is 5.75 Å². The number of methoxy groups -OCH3 is 1. The van der Waals surface area contributed by atoms with E-state index in [9.17, 15) is 9.59 Å². The quantitative estimate of drug-likeness (QED) is 0.585. The second-order valence-corrected chi connectivity index (χ2v) is 7.97. The third kappa shape index (κ3) is 5.39. The van der Waals surface area contributed by atoms with Crippen LogP contribution in [0.1, 0.15) is 72.1 Å². The largest absolute Gasteiger partial charge is 0.496 e. The summed E-state index contributed by atoms with van der Waals surface area (Å²) < 4.78 is 5.23. The third-order valence-electron chi connectivity index (χ3n) is 5.56. The first kappa shape index (κ1) is 21.4. The predicted molar refractivity (Wildman–Crippen MR) is 116 cm³/mol. The molecule has 4 nitrogen and oxygen atoms in total. The van der Waals surface area contributed by atoms with Gasteiger partial charge in [0, 0.05) is 17.9 Å². The Morgan fingerprint density at radius 1 is 1.07 bits per heavy atom. The number of carbonyl (C=O) groups excluding carboxylic acids is 2. The molecule has 1 atom stereocenters. The molecule has 5 heteroatoms. The fourth-order valence-electron chi connectivity index (χ4n) is 3.92. The Kier molecular flexibility index (Phi) is 7.32. The number of halogens is 1. The average molecular weight is 414 g/mol. The van der Waals surface area contributed by atoms with E-state index >= 15 is 0 Å². The summed E-state index contributed by atoms with van der Waals surface area (Å²) in [6.07, 6.45) is 5.80. The number of ketones is 1. The Hall–Kier alpha value is -2.33. The Morgan fingerprint density at radius 3 is 2.55 bits per heavy atom. The van der Waals surface area contributed by atoms with Crippen LogP contribution in [0, 0.1) is 0 Å². The highest BCUT2D eigenvalue weighted by Gasteiger charge is 2.18. The number of hydrogen-bond donors (Lipinski definition) is 1. The van der Waals surface area contributed by atoms with E-state index in [0.29, 0.717) is 16.3 Å². The van der Waals surface area contributed by atoms with E-state index in [1.807, 2.05) is 0 Å². The second kappa shape index (κ2) is 9.93. The Bertz CT molecular complexity index is 894. The van der Waals surface area contributed by atoms with Gasteiger partial charge in [-0.2, -0.15) is 0 Å². The van der Waals surface area contributed by atoms with Gasteiger partial charge in [0.25, 0.3) is 0 Å². The lowest BCUT2D eigenvalue weighted by Crippen LogP contribution is -2.28. The van der Waals surface area contributed by atoms with Gasteiger partial charge in [0.15, 0.2) is 5.78 Å². The molecule has 0 bridgehead atoms. The van der Waals surface area contributed by atoms with Gasteiger partial charge in [-0.3, -0.25) is 9.59 Å². The van der Waals surface area contributed by atoms with Crippen molar-refractivity contribution in [3.63, 3.8) is 0 Å².